The lowest BCUT2D eigenvalue weighted by atomic mass is 9.85. The molecule has 1 aliphatic carbocycles. The highest BCUT2D eigenvalue weighted by Crippen LogP contribution is 2.28. The zero-order chi connectivity index (χ0) is 13.0. The maximum absolute atomic E-state index is 10.4. The molecule has 0 bridgehead atoms. The second kappa shape index (κ2) is 6.88. The van der Waals surface area contributed by atoms with Gasteiger partial charge in [-0.05, 0) is 52.2 Å². The third-order valence-corrected chi connectivity index (χ3v) is 4.69. The van der Waals surface area contributed by atoms with Crippen LogP contribution in [0.2, 0.25) is 0 Å². The Bertz CT molecular complexity index is 239. The topological polar surface area (TPSA) is 26.7 Å². The van der Waals surface area contributed by atoms with Crippen molar-refractivity contribution in [3.05, 3.63) is 0 Å². The number of rotatable bonds is 5. The van der Waals surface area contributed by atoms with Gasteiger partial charge in [0.25, 0.3) is 0 Å². The minimum absolute atomic E-state index is 0.0898. The fraction of sp³-hybridized carbons (Fsp3) is 1.00. The smallest absolute Gasteiger partial charge is 0.0695 e. The third-order valence-electron chi connectivity index (χ3n) is 4.69. The van der Waals surface area contributed by atoms with Gasteiger partial charge in [-0.3, -0.25) is 4.90 Å². The normalized spacial score (nSPS) is 29.0. The average molecular weight is 254 g/mol. The van der Waals surface area contributed by atoms with Crippen LogP contribution in [0.5, 0.6) is 0 Å². The van der Waals surface area contributed by atoms with Crippen LogP contribution in [0.25, 0.3) is 0 Å². The van der Waals surface area contributed by atoms with Crippen LogP contribution in [0.1, 0.15) is 44.9 Å². The summed E-state index contributed by atoms with van der Waals surface area (Å²) in [6, 6.07) is 0.665. The third kappa shape index (κ3) is 3.94. The highest BCUT2D eigenvalue weighted by molar-refractivity contribution is 4.84. The van der Waals surface area contributed by atoms with Crippen molar-refractivity contribution in [3.63, 3.8) is 0 Å². The summed E-state index contributed by atoms with van der Waals surface area (Å²) in [4.78, 5) is 4.80. The van der Waals surface area contributed by atoms with E-state index in [0.29, 0.717) is 12.0 Å². The second-order valence-corrected chi connectivity index (χ2v) is 6.52. The van der Waals surface area contributed by atoms with Gasteiger partial charge in [0, 0.05) is 19.1 Å². The maximum atomic E-state index is 10.4. The van der Waals surface area contributed by atoms with E-state index in [9.17, 15) is 5.11 Å². The Balaban J connectivity index is 1.79. The lowest BCUT2D eigenvalue weighted by Crippen LogP contribution is -2.43. The lowest BCUT2D eigenvalue weighted by Gasteiger charge is -2.33. The van der Waals surface area contributed by atoms with Crippen molar-refractivity contribution >= 4 is 0 Å². The van der Waals surface area contributed by atoms with Crippen molar-refractivity contribution in [2.75, 3.05) is 33.7 Å². The summed E-state index contributed by atoms with van der Waals surface area (Å²) < 4.78 is 0. The van der Waals surface area contributed by atoms with Crippen LogP contribution >= 0.6 is 0 Å². The quantitative estimate of drug-likeness (QED) is 0.812. The van der Waals surface area contributed by atoms with Gasteiger partial charge >= 0.3 is 0 Å². The molecule has 2 aliphatic rings. The number of likely N-dealkylation sites (N-methyl/N-ethyl adjacent to an activating group) is 1. The Hall–Kier alpha value is -0.120. The van der Waals surface area contributed by atoms with Gasteiger partial charge in [-0.25, -0.2) is 0 Å². The molecule has 1 heterocycles. The van der Waals surface area contributed by atoms with Crippen LogP contribution in [-0.2, 0) is 0 Å². The molecule has 2 rings (SSSR count). The van der Waals surface area contributed by atoms with E-state index < -0.39 is 0 Å². The molecule has 1 aliphatic heterocycles. The Morgan fingerprint density at radius 1 is 1.11 bits per heavy atom. The van der Waals surface area contributed by atoms with E-state index in [1.165, 1.54) is 51.5 Å². The minimum Gasteiger partial charge on any atom is -0.392 e. The lowest BCUT2D eigenvalue weighted by molar-refractivity contribution is 0.0405. The first-order valence-corrected chi connectivity index (χ1v) is 7.73. The zero-order valence-electron chi connectivity index (χ0n) is 12.1. The first kappa shape index (κ1) is 14.3. The van der Waals surface area contributed by atoms with Crippen LogP contribution in [0.15, 0.2) is 0 Å². The van der Waals surface area contributed by atoms with E-state index in [-0.39, 0.29) is 6.10 Å². The van der Waals surface area contributed by atoms with Crippen molar-refractivity contribution in [1.82, 2.24) is 9.80 Å². The van der Waals surface area contributed by atoms with Crippen molar-refractivity contribution < 1.29 is 5.11 Å². The SMILES string of the molecule is CN(C)CC1CCCN1CC(O)C1CCCCC1. The molecule has 1 saturated carbocycles. The van der Waals surface area contributed by atoms with E-state index in [2.05, 4.69) is 23.9 Å². The van der Waals surface area contributed by atoms with Gasteiger partial charge in [0.15, 0.2) is 0 Å². The Labute approximate surface area is 112 Å². The minimum atomic E-state index is -0.0898. The van der Waals surface area contributed by atoms with Crippen LogP contribution in [0.3, 0.4) is 0 Å². The van der Waals surface area contributed by atoms with E-state index in [1.807, 2.05) is 0 Å². The highest BCUT2D eigenvalue weighted by atomic mass is 16.3. The Morgan fingerprint density at radius 3 is 2.50 bits per heavy atom. The Morgan fingerprint density at radius 2 is 1.83 bits per heavy atom. The summed E-state index contributed by atoms with van der Waals surface area (Å²) in [5, 5.41) is 10.4. The molecule has 3 nitrogen and oxygen atoms in total. The predicted octanol–water partition coefficient (Wildman–Crippen LogP) is 1.95. The van der Waals surface area contributed by atoms with Crippen LogP contribution < -0.4 is 0 Å². The fourth-order valence-electron chi connectivity index (χ4n) is 3.67. The molecule has 1 saturated heterocycles. The molecule has 0 aromatic carbocycles. The van der Waals surface area contributed by atoms with Crippen molar-refractivity contribution in [2.24, 2.45) is 5.92 Å². The molecule has 0 aromatic heterocycles. The van der Waals surface area contributed by atoms with Gasteiger partial charge in [0.05, 0.1) is 6.10 Å². The predicted molar refractivity (Wildman–Crippen MR) is 75.7 cm³/mol. The monoisotopic (exact) mass is 254 g/mol. The van der Waals surface area contributed by atoms with Crippen molar-refractivity contribution in [2.45, 2.75) is 57.1 Å². The summed E-state index contributed by atoms with van der Waals surface area (Å²) >= 11 is 0. The molecule has 2 fully saturated rings. The molecule has 2 atom stereocenters. The molecule has 3 heteroatoms. The molecule has 1 N–H and O–H groups in total. The molecule has 0 amide bonds. The van der Waals surface area contributed by atoms with Crippen LogP contribution in [0.4, 0.5) is 0 Å². The van der Waals surface area contributed by atoms with E-state index in [4.69, 9.17) is 0 Å². The number of hydrogen-bond donors (Lipinski definition) is 1. The maximum Gasteiger partial charge on any atom is 0.0695 e. The molecule has 2 unspecified atom stereocenters. The summed E-state index contributed by atoms with van der Waals surface area (Å²) in [5.74, 6) is 0.569. The summed E-state index contributed by atoms with van der Waals surface area (Å²) in [5.41, 5.74) is 0. The summed E-state index contributed by atoms with van der Waals surface area (Å²) in [6.07, 6.45) is 9.02. The van der Waals surface area contributed by atoms with Gasteiger partial charge in [-0.1, -0.05) is 19.3 Å². The molecule has 106 valence electrons. The van der Waals surface area contributed by atoms with Gasteiger partial charge in [0.1, 0.15) is 0 Å². The molecular formula is C15H30N2O. The Kier molecular flexibility index (Phi) is 5.46. The van der Waals surface area contributed by atoms with Gasteiger partial charge < -0.3 is 10.0 Å². The van der Waals surface area contributed by atoms with E-state index in [1.54, 1.807) is 0 Å². The highest BCUT2D eigenvalue weighted by Gasteiger charge is 2.29. The second-order valence-electron chi connectivity index (χ2n) is 6.52. The van der Waals surface area contributed by atoms with Crippen molar-refractivity contribution in [3.8, 4) is 0 Å². The standard InChI is InChI=1S/C15H30N2O/c1-16(2)11-14-9-6-10-17(14)12-15(18)13-7-4-3-5-8-13/h13-15,18H,3-12H2,1-2H3. The first-order chi connectivity index (χ1) is 8.66. The number of aliphatic hydroxyl groups excluding tert-OH is 1. The number of hydrogen-bond acceptors (Lipinski definition) is 3. The van der Waals surface area contributed by atoms with E-state index in [0.717, 1.165) is 13.1 Å². The van der Waals surface area contributed by atoms with E-state index >= 15 is 0 Å². The van der Waals surface area contributed by atoms with Crippen molar-refractivity contribution in [1.29, 1.82) is 0 Å². The van der Waals surface area contributed by atoms with Crippen LogP contribution in [0, 0.1) is 5.92 Å². The number of β-amino-alcohol motifs (C(OH)–C–C–N with tert-alkyl or cyclic N) is 1. The first-order valence-electron chi connectivity index (χ1n) is 7.73. The summed E-state index contributed by atoms with van der Waals surface area (Å²) in [6.45, 7) is 3.23. The fourth-order valence-corrected chi connectivity index (χ4v) is 3.67. The van der Waals surface area contributed by atoms with Gasteiger partial charge in [-0.2, -0.15) is 0 Å². The summed E-state index contributed by atoms with van der Waals surface area (Å²) in [7, 11) is 4.29. The molecular weight excluding hydrogens is 224 g/mol. The molecule has 18 heavy (non-hydrogen) atoms. The zero-order valence-corrected chi connectivity index (χ0v) is 12.1. The number of likely N-dealkylation sites (tertiary alicyclic amines) is 1. The van der Waals surface area contributed by atoms with Gasteiger partial charge in [-0.15, -0.1) is 0 Å². The average Bonchev–Trinajstić information content (AvgIpc) is 2.77. The largest absolute Gasteiger partial charge is 0.392 e. The molecule has 0 radical (unpaired) electrons. The molecule has 0 aromatic rings. The van der Waals surface area contributed by atoms with Crippen LogP contribution in [-0.4, -0.2) is 60.8 Å². The molecule has 0 spiro atoms. The van der Waals surface area contributed by atoms with Gasteiger partial charge in [0.2, 0.25) is 0 Å². The number of nitrogens with zero attached hydrogens (tertiary/aromatic N) is 2. The number of aliphatic hydroxyl groups is 1.